The third-order valence-corrected chi connectivity index (χ3v) is 9.24. The molecule has 2 saturated carbocycles. The van der Waals surface area contributed by atoms with E-state index in [0.717, 1.165) is 18.8 Å². The Morgan fingerprint density at radius 1 is 1.21 bits per heavy atom. The Bertz CT molecular complexity index is 707. The van der Waals surface area contributed by atoms with Crippen LogP contribution in [0.15, 0.2) is 12.7 Å². The maximum atomic E-state index is 11.2. The second-order valence-electron chi connectivity index (χ2n) is 12.1. The van der Waals surface area contributed by atoms with Crippen molar-refractivity contribution in [2.24, 2.45) is 28.6 Å². The van der Waals surface area contributed by atoms with Gasteiger partial charge in [0.15, 0.2) is 12.4 Å². The molecule has 6 heteroatoms. The Kier molecular flexibility index (Phi) is 8.05. The van der Waals surface area contributed by atoms with E-state index >= 15 is 0 Å². The average molecular weight is 467 g/mol. The van der Waals surface area contributed by atoms with Crippen LogP contribution in [0.3, 0.4) is 0 Å². The second-order valence-corrected chi connectivity index (χ2v) is 12.1. The molecule has 33 heavy (non-hydrogen) atoms. The lowest BCUT2D eigenvalue weighted by Gasteiger charge is -2.59. The molecule has 0 aromatic rings. The van der Waals surface area contributed by atoms with Gasteiger partial charge in [-0.05, 0) is 67.6 Å². The summed E-state index contributed by atoms with van der Waals surface area (Å²) in [5.41, 5.74) is 0.0148. The van der Waals surface area contributed by atoms with Gasteiger partial charge < -0.3 is 24.4 Å². The van der Waals surface area contributed by atoms with Crippen LogP contribution in [-0.2, 0) is 19.0 Å². The normalized spacial score (nSPS) is 42.6. The highest BCUT2D eigenvalue weighted by atomic mass is 16.7. The molecule has 0 spiro atoms. The first-order chi connectivity index (χ1) is 15.3. The summed E-state index contributed by atoms with van der Waals surface area (Å²) in [6, 6.07) is 0. The molecule has 3 fully saturated rings. The van der Waals surface area contributed by atoms with Crippen LogP contribution in [0.5, 0.6) is 0 Å². The average Bonchev–Trinajstić information content (AvgIpc) is 2.72. The van der Waals surface area contributed by atoms with Crippen molar-refractivity contribution in [3.8, 4) is 0 Å². The number of aliphatic hydroxyl groups excluding tert-OH is 2. The summed E-state index contributed by atoms with van der Waals surface area (Å²) in [5, 5.41) is 21.0. The molecule has 9 atom stereocenters. The maximum Gasteiger partial charge on any atom is 0.303 e. The fraction of sp³-hybridized carbons (Fsp3) is 0.889. The number of hydrogen-bond donors (Lipinski definition) is 2. The summed E-state index contributed by atoms with van der Waals surface area (Å²) in [5.74, 6) is 1.49. The summed E-state index contributed by atoms with van der Waals surface area (Å²) >= 11 is 0. The van der Waals surface area contributed by atoms with Crippen molar-refractivity contribution in [3.63, 3.8) is 0 Å². The molecule has 2 aliphatic carbocycles. The lowest BCUT2D eigenvalue weighted by molar-refractivity contribution is -0.295. The van der Waals surface area contributed by atoms with Crippen molar-refractivity contribution in [2.45, 2.75) is 117 Å². The predicted molar refractivity (Wildman–Crippen MR) is 127 cm³/mol. The van der Waals surface area contributed by atoms with Crippen molar-refractivity contribution < 1.29 is 29.2 Å². The number of ether oxygens (including phenoxy) is 3. The number of carbonyl (C=O) groups excluding carboxylic acids is 1. The zero-order valence-corrected chi connectivity index (χ0v) is 21.5. The number of esters is 1. The second kappa shape index (κ2) is 9.96. The molecule has 1 heterocycles. The lowest BCUT2D eigenvalue weighted by atomic mass is 9.46. The molecule has 3 rings (SSSR count). The summed E-state index contributed by atoms with van der Waals surface area (Å²) in [7, 11) is 0. The third-order valence-electron chi connectivity index (χ3n) is 9.24. The highest BCUT2D eigenvalue weighted by Crippen LogP contribution is 2.62. The van der Waals surface area contributed by atoms with E-state index in [0.29, 0.717) is 22.7 Å². The summed E-state index contributed by atoms with van der Waals surface area (Å²) in [6.07, 6.45) is 5.59. The van der Waals surface area contributed by atoms with Gasteiger partial charge in [0, 0.05) is 6.92 Å². The van der Waals surface area contributed by atoms with Crippen molar-refractivity contribution in [2.75, 3.05) is 6.61 Å². The number of carbonyl (C=O) groups is 1. The van der Waals surface area contributed by atoms with Gasteiger partial charge in [0.25, 0.3) is 0 Å². The Hall–Kier alpha value is -0.950. The van der Waals surface area contributed by atoms with E-state index < -0.39 is 36.2 Å². The van der Waals surface area contributed by atoms with Gasteiger partial charge in [-0.25, -0.2) is 0 Å². The summed E-state index contributed by atoms with van der Waals surface area (Å²) in [4.78, 5) is 11.2. The van der Waals surface area contributed by atoms with Gasteiger partial charge in [-0.15, -0.1) is 6.58 Å². The van der Waals surface area contributed by atoms with Crippen LogP contribution in [0.1, 0.15) is 86.5 Å². The van der Waals surface area contributed by atoms with Crippen LogP contribution in [0.2, 0.25) is 0 Å². The largest absolute Gasteiger partial charge is 0.457 e. The van der Waals surface area contributed by atoms with Crippen LogP contribution in [-0.4, -0.2) is 53.0 Å². The molecule has 0 amide bonds. The van der Waals surface area contributed by atoms with Crippen molar-refractivity contribution >= 4 is 5.97 Å². The van der Waals surface area contributed by atoms with E-state index in [2.05, 4.69) is 34.3 Å². The number of fused-ring (bicyclic) bond motifs is 1. The van der Waals surface area contributed by atoms with E-state index in [4.69, 9.17) is 14.2 Å². The van der Waals surface area contributed by atoms with Gasteiger partial charge in [-0.2, -0.15) is 0 Å². The first kappa shape index (κ1) is 26.7. The molecule has 0 bridgehead atoms. The molecule has 1 saturated heterocycles. The SMILES string of the molecule is C=C[C@](C)(CC[C@@H]1[C@@H](C)CC[C@@H]2C(C)(C)CCC[C@@]12C)O[C@@H]1OC[C@@H](OC(C)=O)[C@H](O)[C@H]1O. The molecule has 0 unspecified atom stereocenters. The van der Waals surface area contributed by atoms with Crippen LogP contribution < -0.4 is 0 Å². The van der Waals surface area contributed by atoms with Gasteiger partial charge in [-0.1, -0.05) is 46.6 Å². The van der Waals surface area contributed by atoms with Crippen molar-refractivity contribution in [1.29, 1.82) is 0 Å². The van der Waals surface area contributed by atoms with Crippen LogP contribution in [0.25, 0.3) is 0 Å². The molecule has 190 valence electrons. The van der Waals surface area contributed by atoms with Gasteiger partial charge in [-0.3, -0.25) is 4.79 Å². The maximum absolute atomic E-state index is 11.2. The van der Waals surface area contributed by atoms with E-state index in [-0.39, 0.29) is 6.61 Å². The molecule has 3 aliphatic rings. The first-order valence-electron chi connectivity index (χ1n) is 12.8. The fourth-order valence-corrected chi connectivity index (χ4v) is 7.33. The van der Waals surface area contributed by atoms with Gasteiger partial charge in [0.2, 0.25) is 0 Å². The van der Waals surface area contributed by atoms with Crippen LogP contribution in [0.4, 0.5) is 0 Å². The lowest BCUT2D eigenvalue weighted by Crippen LogP contribution is -2.56. The number of rotatable bonds is 7. The minimum absolute atomic E-state index is 0.0236. The molecule has 0 aromatic carbocycles. The fourth-order valence-electron chi connectivity index (χ4n) is 7.33. The van der Waals surface area contributed by atoms with Crippen molar-refractivity contribution in [3.05, 3.63) is 12.7 Å². The van der Waals surface area contributed by atoms with E-state index in [9.17, 15) is 15.0 Å². The summed E-state index contributed by atoms with van der Waals surface area (Å²) < 4.78 is 16.9. The van der Waals surface area contributed by atoms with Gasteiger partial charge >= 0.3 is 5.97 Å². The highest BCUT2D eigenvalue weighted by Gasteiger charge is 2.54. The molecule has 1 aliphatic heterocycles. The highest BCUT2D eigenvalue weighted by molar-refractivity contribution is 5.66. The Morgan fingerprint density at radius 3 is 2.55 bits per heavy atom. The minimum Gasteiger partial charge on any atom is -0.457 e. The number of hydrogen-bond acceptors (Lipinski definition) is 6. The molecule has 0 radical (unpaired) electrons. The standard InChI is InChI=1S/C27H46O6/c1-8-26(6,33-24-23(30)22(29)20(16-31-24)32-18(3)28)15-12-19-17(2)10-11-21-25(4,5)13-9-14-27(19,21)7/h8,17,19-24,29-30H,1,9-16H2,2-7H3/t17-,19+,20+,21+,22-,23+,24-,26+,27-/m0/s1. The molecular weight excluding hydrogens is 420 g/mol. The molecule has 2 N–H and O–H groups in total. The number of aliphatic hydroxyl groups is 2. The molecule has 6 nitrogen and oxygen atoms in total. The first-order valence-corrected chi connectivity index (χ1v) is 12.8. The van der Waals surface area contributed by atoms with E-state index in [1.54, 1.807) is 6.08 Å². The molecule has 0 aromatic heterocycles. The smallest absolute Gasteiger partial charge is 0.303 e. The minimum atomic E-state index is -1.31. The Labute approximate surface area is 200 Å². The monoisotopic (exact) mass is 466 g/mol. The third kappa shape index (κ3) is 5.50. The van der Waals surface area contributed by atoms with Crippen LogP contribution >= 0.6 is 0 Å². The van der Waals surface area contributed by atoms with Crippen LogP contribution in [0, 0.1) is 28.6 Å². The predicted octanol–water partition coefficient (Wildman–Crippen LogP) is 4.62. The van der Waals surface area contributed by atoms with Gasteiger partial charge in [0.1, 0.15) is 12.2 Å². The Morgan fingerprint density at radius 2 is 1.91 bits per heavy atom. The summed E-state index contributed by atoms with van der Waals surface area (Å²) in [6.45, 7) is 17.0. The van der Waals surface area contributed by atoms with Crippen molar-refractivity contribution in [1.82, 2.24) is 0 Å². The topological polar surface area (TPSA) is 85.2 Å². The van der Waals surface area contributed by atoms with E-state index in [1.165, 1.54) is 39.0 Å². The zero-order valence-electron chi connectivity index (χ0n) is 21.5. The van der Waals surface area contributed by atoms with Gasteiger partial charge in [0.05, 0.1) is 12.2 Å². The quantitative estimate of drug-likeness (QED) is 0.421. The van der Waals surface area contributed by atoms with E-state index in [1.807, 2.05) is 6.92 Å². The Balaban J connectivity index is 1.67. The zero-order chi connectivity index (χ0) is 24.6. The molecular formula is C27H46O6.